The van der Waals surface area contributed by atoms with E-state index < -0.39 is 17.5 Å². The van der Waals surface area contributed by atoms with Gasteiger partial charge in [0.25, 0.3) is 5.91 Å². The molecule has 2 aliphatic rings. The molecule has 4 rings (SSSR count). The first kappa shape index (κ1) is 22.4. The summed E-state index contributed by atoms with van der Waals surface area (Å²) in [4.78, 5) is 23.9. The number of anilines is 2. The molecule has 1 aromatic carbocycles. The zero-order valence-corrected chi connectivity index (χ0v) is 18.8. The van der Waals surface area contributed by atoms with E-state index in [1.54, 1.807) is 0 Å². The van der Waals surface area contributed by atoms with Crippen molar-refractivity contribution in [1.82, 2.24) is 15.3 Å². The monoisotopic (exact) mass is 443 g/mol. The van der Waals surface area contributed by atoms with Gasteiger partial charge in [-0.15, -0.1) is 0 Å². The molecule has 1 amide bonds. The Kier molecular flexibility index (Phi) is 6.86. The van der Waals surface area contributed by atoms with Crippen LogP contribution in [0.1, 0.15) is 60.1 Å². The van der Waals surface area contributed by atoms with Crippen LogP contribution >= 0.6 is 0 Å². The van der Waals surface area contributed by atoms with Crippen molar-refractivity contribution in [3.05, 3.63) is 46.7 Å². The van der Waals surface area contributed by atoms with E-state index in [9.17, 15) is 13.6 Å². The molecule has 32 heavy (non-hydrogen) atoms. The molecule has 6 nitrogen and oxygen atoms in total. The Hall–Kier alpha value is -2.77. The molecule has 1 fully saturated rings. The van der Waals surface area contributed by atoms with Gasteiger partial charge in [0.15, 0.2) is 0 Å². The van der Waals surface area contributed by atoms with Gasteiger partial charge in [0, 0.05) is 43.9 Å². The van der Waals surface area contributed by atoms with Crippen LogP contribution in [0.15, 0.2) is 18.2 Å². The lowest BCUT2D eigenvalue weighted by atomic mass is 9.86. The van der Waals surface area contributed by atoms with Gasteiger partial charge in [0.2, 0.25) is 5.95 Å². The number of nitrogens with zero attached hydrogens (tertiary/aromatic N) is 3. The summed E-state index contributed by atoms with van der Waals surface area (Å²) in [5.41, 5.74) is 2.46. The molecule has 0 atom stereocenters. The second kappa shape index (κ2) is 9.79. The van der Waals surface area contributed by atoms with Crippen molar-refractivity contribution in [3.63, 3.8) is 0 Å². The van der Waals surface area contributed by atoms with Crippen molar-refractivity contribution < 1.29 is 13.6 Å². The molecule has 8 heteroatoms. The molecular formula is C24H31F2N5O. The number of fused-ring (bicyclic) bond motifs is 1. The minimum atomic E-state index is -0.747. The third-order valence-electron chi connectivity index (χ3n) is 6.44. The maximum Gasteiger partial charge on any atom is 0.251 e. The summed E-state index contributed by atoms with van der Waals surface area (Å²) in [6.07, 6.45) is 8.27. The van der Waals surface area contributed by atoms with E-state index in [0.29, 0.717) is 24.5 Å². The second-order valence-electron chi connectivity index (χ2n) is 9.13. The van der Waals surface area contributed by atoms with Crippen LogP contribution in [-0.4, -0.2) is 42.6 Å². The van der Waals surface area contributed by atoms with E-state index in [1.807, 2.05) is 14.1 Å². The van der Waals surface area contributed by atoms with Gasteiger partial charge in [-0.05, 0) is 69.4 Å². The zero-order chi connectivity index (χ0) is 22.7. The topological polar surface area (TPSA) is 70.2 Å². The van der Waals surface area contributed by atoms with Crippen LogP contribution in [0.3, 0.4) is 0 Å². The number of benzene rings is 1. The lowest BCUT2D eigenvalue weighted by molar-refractivity contribution is 0.0942. The van der Waals surface area contributed by atoms with Crippen molar-refractivity contribution in [2.24, 2.45) is 5.92 Å². The normalized spacial score (nSPS) is 20.4. The van der Waals surface area contributed by atoms with Gasteiger partial charge in [-0.2, -0.15) is 4.98 Å². The van der Waals surface area contributed by atoms with Crippen LogP contribution in [0.4, 0.5) is 20.5 Å². The van der Waals surface area contributed by atoms with Crippen LogP contribution < -0.4 is 15.5 Å². The fourth-order valence-electron chi connectivity index (χ4n) is 4.73. The first-order valence-corrected chi connectivity index (χ1v) is 11.5. The number of carbonyl (C=O) groups excluding carboxylic acids is 1. The molecule has 1 aromatic heterocycles. The highest BCUT2D eigenvalue weighted by atomic mass is 19.1. The first-order chi connectivity index (χ1) is 15.4. The van der Waals surface area contributed by atoms with Crippen molar-refractivity contribution in [2.45, 2.75) is 57.4 Å². The van der Waals surface area contributed by atoms with Gasteiger partial charge in [-0.1, -0.05) is 0 Å². The molecule has 2 N–H and O–H groups in total. The first-order valence-electron chi connectivity index (χ1n) is 11.5. The summed E-state index contributed by atoms with van der Waals surface area (Å²) in [6, 6.07) is 3.18. The summed E-state index contributed by atoms with van der Waals surface area (Å²) in [5, 5.41) is 6.35. The lowest BCUT2D eigenvalue weighted by Gasteiger charge is -2.30. The van der Waals surface area contributed by atoms with Gasteiger partial charge < -0.3 is 15.5 Å². The van der Waals surface area contributed by atoms with Crippen LogP contribution in [-0.2, 0) is 12.8 Å². The fraction of sp³-hybridized carbons (Fsp3) is 0.542. The van der Waals surface area contributed by atoms with E-state index in [0.717, 1.165) is 62.5 Å². The van der Waals surface area contributed by atoms with Gasteiger partial charge in [0.05, 0.1) is 5.69 Å². The number of rotatable bonds is 6. The molecular weight excluding hydrogens is 412 g/mol. The Labute approximate surface area is 187 Å². The number of aryl methyl sites for hydroxylation is 1. The minimum absolute atomic E-state index is 0.0131. The molecule has 0 radical (unpaired) electrons. The standard InChI is InChI=1S/C24H31F2N5O/c1-31(2)22-20-5-3-4-6-21(20)29-24(30-22)28-19-9-7-15(8-10-19)14-27-23(32)16-11-17(25)13-18(26)12-16/h11-13,15,19H,3-10,14H2,1-2H3,(H,27,32)(H,28,29,30)/t15-,19+. The summed E-state index contributed by atoms with van der Waals surface area (Å²) < 4.78 is 26.7. The van der Waals surface area contributed by atoms with Crippen LogP contribution in [0.2, 0.25) is 0 Å². The molecule has 0 bridgehead atoms. The molecule has 2 aromatic rings. The Morgan fingerprint density at radius 1 is 1.03 bits per heavy atom. The number of halogens is 2. The Morgan fingerprint density at radius 2 is 1.72 bits per heavy atom. The number of aromatic nitrogens is 2. The number of amides is 1. The highest BCUT2D eigenvalue weighted by Crippen LogP contribution is 2.30. The molecule has 0 spiro atoms. The smallest absolute Gasteiger partial charge is 0.251 e. The summed E-state index contributed by atoms with van der Waals surface area (Å²) in [7, 11) is 4.05. The number of hydrogen-bond acceptors (Lipinski definition) is 5. The van der Waals surface area contributed by atoms with Crippen LogP contribution in [0, 0.1) is 17.6 Å². The number of carbonyl (C=O) groups is 1. The average Bonchev–Trinajstić information content (AvgIpc) is 2.77. The molecule has 0 saturated heterocycles. The molecule has 172 valence electrons. The van der Waals surface area contributed by atoms with E-state index in [2.05, 4.69) is 15.5 Å². The predicted molar refractivity (Wildman–Crippen MR) is 121 cm³/mol. The largest absolute Gasteiger partial charge is 0.362 e. The zero-order valence-electron chi connectivity index (χ0n) is 18.8. The molecule has 0 aliphatic heterocycles. The van der Waals surface area contributed by atoms with Gasteiger partial charge >= 0.3 is 0 Å². The van der Waals surface area contributed by atoms with E-state index >= 15 is 0 Å². The van der Waals surface area contributed by atoms with Gasteiger partial charge in [-0.3, -0.25) is 4.79 Å². The summed E-state index contributed by atoms with van der Waals surface area (Å²) in [6.45, 7) is 0.504. The van der Waals surface area contributed by atoms with Crippen molar-refractivity contribution in [3.8, 4) is 0 Å². The molecule has 0 unspecified atom stereocenters. The Morgan fingerprint density at radius 3 is 2.41 bits per heavy atom. The maximum atomic E-state index is 13.3. The summed E-state index contributed by atoms with van der Waals surface area (Å²) >= 11 is 0. The van der Waals surface area contributed by atoms with Crippen molar-refractivity contribution in [2.75, 3.05) is 30.9 Å². The lowest BCUT2D eigenvalue weighted by Crippen LogP contribution is -2.34. The van der Waals surface area contributed by atoms with Gasteiger partial charge in [0.1, 0.15) is 17.5 Å². The third-order valence-corrected chi connectivity index (χ3v) is 6.44. The van der Waals surface area contributed by atoms with Crippen LogP contribution in [0.25, 0.3) is 0 Å². The van der Waals surface area contributed by atoms with Crippen LogP contribution in [0.5, 0.6) is 0 Å². The fourth-order valence-corrected chi connectivity index (χ4v) is 4.73. The Balaban J connectivity index is 1.30. The highest BCUT2D eigenvalue weighted by Gasteiger charge is 2.24. The highest BCUT2D eigenvalue weighted by molar-refractivity contribution is 5.94. The molecule has 2 aliphatic carbocycles. The van der Waals surface area contributed by atoms with E-state index in [-0.39, 0.29) is 5.56 Å². The van der Waals surface area contributed by atoms with Gasteiger partial charge in [-0.25, -0.2) is 13.8 Å². The van der Waals surface area contributed by atoms with E-state index in [1.165, 1.54) is 24.1 Å². The third kappa shape index (κ3) is 5.34. The molecule has 1 heterocycles. The maximum absolute atomic E-state index is 13.3. The van der Waals surface area contributed by atoms with E-state index in [4.69, 9.17) is 9.97 Å². The van der Waals surface area contributed by atoms with Crippen molar-refractivity contribution >= 4 is 17.7 Å². The predicted octanol–water partition coefficient (Wildman–Crippen LogP) is 4.10. The minimum Gasteiger partial charge on any atom is -0.362 e. The second-order valence-corrected chi connectivity index (χ2v) is 9.13. The number of nitrogens with one attached hydrogen (secondary N) is 2. The Bertz CT molecular complexity index is 953. The SMILES string of the molecule is CN(C)c1nc(N[C@H]2CC[C@@H](CNC(=O)c3cc(F)cc(F)c3)CC2)nc2c1CCCC2. The van der Waals surface area contributed by atoms with Crippen molar-refractivity contribution in [1.29, 1.82) is 0 Å². The average molecular weight is 444 g/mol. The summed E-state index contributed by atoms with van der Waals surface area (Å²) in [5.74, 6) is 0.133. The number of hydrogen-bond donors (Lipinski definition) is 2. The molecule has 1 saturated carbocycles. The quantitative estimate of drug-likeness (QED) is 0.704.